The van der Waals surface area contributed by atoms with Crippen molar-refractivity contribution in [1.29, 1.82) is 0 Å². The van der Waals surface area contributed by atoms with Gasteiger partial charge in [0.05, 0.1) is 26.4 Å². The van der Waals surface area contributed by atoms with Crippen LogP contribution in [0.5, 0.6) is 0 Å². The zero-order chi connectivity index (χ0) is 17.3. The van der Waals surface area contributed by atoms with Gasteiger partial charge in [-0.1, -0.05) is 13.2 Å². The Hall–Kier alpha value is -1.54. The molecule has 0 bridgehead atoms. The van der Waals surface area contributed by atoms with Crippen molar-refractivity contribution in [3.63, 3.8) is 0 Å². The van der Waals surface area contributed by atoms with Gasteiger partial charge in [0.2, 0.25) is 0 Å². The van der Waals surface area contributed by atoms with Crippen LogP contribution in [0.2, 0.25) is 0 Å². The Bertz CT molecular complexity index is 340. The van der Waals surface area contributed by atoms with E-state index in [-0.39, 0.29) is 6.54 Å². The van der Waals surface area contributed by atoms with Crippen molar-refractivity contribution in [1.82, 2.24) is 4.90 Å². The number of hydrogen-bond donors (Lipinski definition) is 1. The van der Waals surface area contributed by atoms with Crippen molar-refractivity contribution >= 4 is 11.8 Å². The van der Waals surface area contributed by atoms with Crippen LogP contribution in [0.3, 0.4) is 0 Å². The van der Waals surface area contributed by atoms with Gasteiger partial charge in [0.1, 0.15) is 0 Å². The maximum atomic E-state index is 11.5. The first-order chi connectivity index (χ1) is 11.2. The van der Waals surface area contributed by atoms with E-state index in [1.165, 1.54) is 0 Å². The van der Waals surface area contributed by atoms with E-state index >= 15 is 0 Å². The van der Waals surface area contributed by atoms with Gasteiger partial charge in [-0.05, 0) is 31.5 Å². The minimum absolute atomic E-state index is 0.269. The molecule has 0 aliphatic heterocycles. The largest absolute Gasteiger partial charge is 0.379 e. The van der Waals surface area contributed by atoms with Crippen LogP contribution in [0.15, 0.2) is 25.3 Å². The standard InChI is InChI=1S/C16H28N2O5/c1-3-15(19)18(16(20)4-2)8-6-10-22-12-14-23-13-11-21-9-5-7-17/h3-4H,1-2,5-14,17H2. The lowest BCUT2D eigenvalue weighted by Crippen LogP contribution is -2.35. The van der Waals surface area contributed by atoms with E-state index in [4.69, 9.17) is 19.9 Å². The van der Waals surface area contributed by atoms with E-state index in [2.05, 4.69) is 13.2 Å². The summed E-state index contributed by atoms with van der Waals surface area (Å²) in [6.07, 6.45) is 3.60. The van der Waals surface area contributed by atoms with Crippen molar-refractivity contribution < 1.29 is 23.8 Å². The van der Waals surface area contributed by atoms with E-state index < -0.39 is 11.8 Å². The van der Waals surface area contributed by atoms with Gasteiger partial charge < -0.3 is 19.9 Å². The number of ether oxygens (including phenoxy) is 3. The summed E-state index contributed by atoms with van der Waals surface area (Å²) in [7, 11) is 0. The van der Waals surface area contributed by atoms with Crippen LogP contribution in [-0.2, 0) is 23.8 Å². The predicted octanol–water partition coefficient (Wildman–Crippen LogP) is 0.502. The summed E-state index contributed by atoms with van der Waals surface area (Å²) in [5.74, 6) is -0.874. The summed E-state index contributed by atoms with van der Waals surface area (Å²) in [6.45, 7) is 10.7. The molecule has 0 spiro atoms. The predicted molar refractivity (Wildman–Crippen MR) is 87.9 cm³/mol. The van der Waals surface area contributed by atoms with E-state index in [1.54, 1.807) is 0 Å². The van der Waals surface area contributed by atoms with Crippen LogP contribution in [0.4, 0.5) is 0 Å². The van der Waals surface area contributed by atoms with Crippen molar-refractivity contribution in [2.75, 3.05) is 52.7 Å². The Balaban J connectivity index is 3.53. The number of carbonyl (C=O) groups is 2. The molecule has 0 aromatic rings. The molecule has 7 heteroatoms. The molecule has 132 valence electrons. The molecule has 0 aliphatic carbocycles. The number of hydrogen-bond acceptors (Lipinski definition) is 6. The summed E-state index contributed by atoms with van der Waals surface area (Å²) in [5.41, 5.74) is 5.34. The van der Waals surface area contributed by atoms with E-state index in [9.17, 15) is 9.59 Å². The molecule has 0 saturated heterocycles. The summed E-state index contributed by atoms with van der Waals surface area (Å²) >= 11 is 0. The molecule has 2 N–H and O–H groups in total. The van der Waals surface area contributed by atoms with E-state index in [0.717, 1.165) is 23.5 Å². The highest BCUT2D eigenvalue weighted by atomic mass is 16.5. The molecule has 23 heavy (non-hydrogen) atoms. The number of rotatable bonds is 15. The Labute approximate surface area is 138 Å². The van der Waals surface area contributed by atoms with Gasteiger partial charge in [-0.25, -0.2) is 0 Å². The first kappa shape index (κ1) is 21.5. The van der Waals surface area contributed by atoms with Crippen LogP contribution < -0.4 is 5.73 Å². The monoisotopic (exact) mass is 328 g/mol. The molecule has 0 aliphatic rings. The van der Waals surface area contributed by atoms with Gasteiger partial charge in [0.25, 0.3) is 11.8 Å². The normalized spacial score (nSPS) is 10.3. The maximum Gasteiger partial charge on any atom is 0.252 e. The third-order valence-corrected chi connectivity index (χ3v) is 2.79. The quantitative estimate of drug-likeness (QED) is 0.348. The number of amides is 2. The molecule has 0 aromatic heterocycles. The van der Waals surface area contributed by atoms with E-state index in [1.807, 2.05) is 0 Å². The Kier molecular flexibility index (Phi) is 14.3. The molecule has 0 fully saturated rings. The fourth-order valence-electron chi connectivity index (χ4n) is 1.60. The first-order valence-corrected chi connectivity index (χ1v) is 7.71. The highest BCUT2D eigenvalue weighted by molar-refractivity contribution is 6.04. The minimum atomic E-state index is -0.437. The molecule has 0 saturated carbocycles. The third kappa shape index (κ3) is 11.7. The zero-order valence-corrected chi connectivity index (χ0v) is 13.7. The number of carbonyl (C=O) groups excluding carboxylic acids is 2. The summed E-state index contributed by atoms with van der Waals surface area (Å²) in [6, 6.07) is 0. The van der Waals surface area contributed by atoms with Gasteiger partial charge in [-0.3, -0.25) is 14.5 Å². The summed E-state index contributed by atoms with van der Waals surface area (Å²) in [5, 5.41) is 0. The fourth-order valence-corrected chi connectivity index (χ4v) is 1.60. The van der Waals surface area contributed by atoms with Gasteiger partial charge in [-0.15, -0.1) is 0 Å². The average Bonchev–Trinajstić information content (AvgIpc) is 2.57. The lowest BCUT2D eigenvalue weighted by Gasteiger charge is -2.17. The molecular weight excluding hydrogens is 300 g/mol. The van der Waals surface area contributed by atoms with Gasteiger partial charge in [0, 0.05) is 19.8 Å². The molecule has 7 nitrogen and oxygen atoms in total. The maximum absolute atomic E-state index is 11.5. The minimum Gasteiger partial charge on any atom is -0.379 e. The summed E-state index contributed by atoms with van der Waals surface area (Å²) in [4.78, 5) is 24.1. The lowest BCUT2D eigenvalue weighted by atomic mass is 10.3. The van der Waals surface area contributed by atoms with Crippen molar-refractivity contribution in [3.8, 4) is 0 Å². The van der Waals surface area contributed by atoms with Gasteiger partial charge in [0.15, 0.2) is 0 Å². The number of nitrogens with two attached hydrogens (primary N) is 1. The Morgan fingerprint density at radius 3 is 1.70 bits per heavy atom. The highest BCUT2D eigenvalue weighted by Gasteiger charge is 2.15. The van der Waals surface area contributed by atoms with Crippen LogP contribution >= 0.6 is 0 Å². The van der Waals surface area contributed by atoms with Gasteiger partial charge >= 0.3 is 0 Å². The first-order valence-electron chi connectivity index (χ1n) is 7.71. The molecule has 0 unspecified atom stereocenters. The average molecular weight is 328 g/mol. The zero-order valence-electron chi connectivity index (χ0n) is 13.7. The molecule has 0 aromatic carbocycles. The number of imide groups is 1. The second-order valence-corrected chi connectivity index (χ2v) is 4.57. The van der Waals surface area contributed by atoms with Crippen LogP contribution in [0.1, 0.15) is 12.8 Å². The Morgan fingerprint density at radius 1 is 0.826 bits per heavy atom. The fraction of sp³-hybridized carbons (Fsp3) is 0.625. The Morgan fingerprint density at radius 2 is 1.26 bits per heavy atom. The van der Waals surface area contributed by atoms with Crippen LogP contribution in [-0.4, -0.2) is 69.4 Å². The second kappa shape index (κ2) is 15.4. The van der Waals surface area contributed by atoms with E-state index in [0.29, 0.717) is 52.6 Å². The van der Waals surface area contributed by atoms with Crippen LogP contribution in [0, 0.1) is 0 Å². The molecular formula is C16H28N2O5. The molecule has 0 rings (SSSR count). The topological polar surface area (TPSA) is 91.1 Å². The van der Waals surface area contributed by atoms with Crippen molar-refractivity contribution in [2.24, 2.45) is 5.73 Å². The molecule has 0 radical (unpaired) electrons. The third-order valence-electron chi connectivity index (χ3n) is 2.79. The molecule has 2 amide bonds. The number of nitrogens with zero attached hydrogens (tertiary/aromatic N) is 1. The molecule has 0 heterocycles. The smallest absolute Gasteiger partial charge is 0.252 e. The van der Waals surface area contributed by atoms with Crippen molar-refractivity contribution in [3.05, 3.63) is 25.3 Å². The van der Waals surface area contributed by atoms with Crippen LogP contribution in [0.25, 0.3) is 0 Å². The highest BCUT2D eigenvalue weighted by Crippen LogP contribution is 1.97. The summed E-state index contributed by atoms with van der Waals surface area (Å²) < 4.78 is 16.0. The lowest BCUT2D eigenvalue weighted by molar-refractivity contribution is -0.138. The van der Waals surface area contributed by atoms with Gasteiger partial charge in [-0.2, -0.15) is 0 Å². The molecule has 0 atom stereocenters. The van der Waals surface area contributed by atoms with Crippen molar-refractivity contribution in [2.45, 2.75) is 12.8 Å². The second-order valence-electron chi connectivity index (χ2n) is 4.57. The SMILES string of the molecule is C=CC(=O)N(CCCOCCOCCOCCCN)C(=O)C=C.